The highest BCUT2D eigenvalue weighted by Gasteiger charge is 2.27. The van der Waals surface area contributed by atoms with Crippen LogP contribution in [0, 0.1) is 18.3 Å². The Morgan fingerprint density at radius 3 is 2.65 bits per heavy atom. The van der Waals surface area contributed by atoms with Crippen molar-refractivity contribution in [3.63, 3.8) is 0 Å². The molecule has 2 rings (SSSR count). The second-order valence-electron chi connectivity index (χ2n) is 5.62. The predicted octanol–water partition coefficient (Wildman–Crippen LogP) is 1.82. The summed E-state index contributed by atoms with van der Waals surface area (Å²) < 4.78 is 1.59. The Labute approximate surface area is 139 Å². The Hall–Kier alpha value is -2.40. The van der Waals surface area contributed by atoms with Crippen LogP contribution in [0.3, 0.4) is 0 Å². The number of aryl methyl sites for hydroxylation is 1. The molecule has 0 aliphatic heterocycles. The Kier molecular flexibility index (Phi) is 5.01. The summed E-state index contributed by atoms with van der Waals surface area (Å²) in [7, 11) is 1.62. The predicted molar refractivity (Wildman–Crippen MR) is 87.1 cm³/mol. The number of hydrogen-bond donors (Lipinski definition) is 0. The van der Waals surface area contributed by atoms with Gasteiger partial charge in [-0.3, -0.25) is 4.79 Å². The zero-order valence-corrected chi connectivity index (χ0v) is 14.3. The van der Waals surface area contributed by atoms with E-state index in [1.165, 1.54) is 16.7 Å². The first kappa shape index (κ1) is 17.0. The number of thioether (sulfide) groups is 1. The van der Waals surface area contributed by atoms with Crippen LogP contribution in [0.15, 0.2) is 29.4 Å². The van der Waals surface area contributed by atoms with Crippen molar-refractivity contribution >= 4 is 17.7 Å². The number of carbonyl (C=O) groups excluding carboxylic acids is 1. The minimum Gasteiger partial charge on any atom is -0.327 e. The molecule has 0 fully saturated rings. The van der Waals surface area contributed by atoms with Crippen molar-refractivity contribution in [3.8, 4) is 11.8 Å². The summed E-state index contributed by atoms with van der Waals surface area (Å²) in [6, 6.07) is 9.89. The van der Waals surface area contributed by atoms with E-state index in [2.05, 4.69) is 21.6 Å². The van der Waals surface area contributed by atoms with Crippen molar-refractivity contribution < 1.29 is 4.79 Å². The van der Waals surface area contributed by atoms with Gasteiger partial charge in [0.15, 0.2) is 0 Å². The van der Waals surface area contributed by atoms with Crippen molar-refractivity contribution in [2.45, 2.75) is 31.5 Å². The van der Waals surface area contributed by atoms with Gasteiger partial charge in [-0.1, -0.05) is 29.5 Å². The van der Waals surface area contributed by atoms with E-state index in [1.807, 2.05) is 31.2 Å². The van der Waals surface area contributed by atoms with E-state index in [4.69, 9.17) is 5.26 Å². The van der Waals surface area contributed by atoms with Gasteiger partial charge in [-0.15, -0.1) is 5.10 Å². The lowest BCUT2D eigenvalue weighted by atomic mass is 10.1. The third-order valence-corrected chi connectivity index (χ3v) is 4.43. The number of carbonyl (C=O) groups is 1. The van der Waals surface area contributed by atoms with Crippen molar-refractivity contribution in [1.82, 2.24) is 25.1 Å². The Morgan fingerprint density at radius 2 is 2.04 bits per heavy atom. The van der Waals surface area contributed by atoms with Crippen LogP contribution < -0.4 is 0 Å². The molecule has 0 aliphatic carbocycles. The van der Waals surface area contributed by atoms with Crippen LogP contribution in [-0.4, -0.2) is 49.4 Å². The normalized spacial score (nSPS) is 11.1. The summed E-state index contributed by atoms with van der Waals surface area (Å²) in [5.41, 5.74) is 1.13. The summed E-state index contributed by atoms with van der Waals surface area (Å²) in [6.07, 6.45) is 0. The smallest absolute Gasteiger partial charge is 0.234 e. The van der Waals surface area contributed by atoms with Gasteiger partial charge in [-0.25, -0.2) is 0 Å². The third-order valence-electron chi connectivity index (χ3n) is 3.53. The molecule has 1 aromatic heterocycles. The lowest BCUT2D eigenvalue weighted by Gasteiger charge is -2.28. The quantitative estimate of drug-likeness (QED) is 0.777. The van der Waals surface area contributed by atoms with Crippen LogP contribution in [0.4, 0.5) is 0 Å². The van der Waals surface area contributed by atoms with E-state index in [1.54, 1.807) is 25.6 Å². The number of aromatic nitrogens is 4. The minimum atomic E-state index is -0.847. The maximum absolute atomic E-state index is 12.2. The first-order valence-corrected chi connectivity index (χ1v) is 8.00. The average molecular weight is 330 g/mol. The molecule has 1 aromatic carbocycles. The van der Waals surface area contributed by atoms with Crippen LogP contribution in [0.25, 0.3) is 5.69 Å². The van der Waals surface area contributed by atoms with E-state index >= 15 is 0 Å². The molecule has 0 atom stereocenters. The van der Waals surface area contributed by atoms with Gasteiger partial charge in [0.05, 0.1) is 17.5 Å². The van der Waals surface area contributed by atoms with Gasteiger partial charge in [0.2, 0.25) is 11.1 Å². The number of hydrogen-bond acceptors (Lipinski definition) is 6. The maximum Gasteiger partial charge on any atom is 0.234 e. The molecule has 0 bridgehead atoms. The standard InChI is InChI=1S/C15H18N6OS/c1-11-5-7-12(8-6-11)21-14(17-18-19-21)23-9-13(22)20(4)15(2,3)10-16/h5-8H,9H2,1-4H3. The van der Waals surface area contributed by atoms with Crippen LogP contribution >= 0.6 is 11.8 Å². The Morgan fingerprint density at radius 1 is 1.39 bits per heavy atom. The number of nitrogens with zero attached hydrogens (tertiary/aromatic N) is 6. The Balaban J connectivity index is 2.08. The summed E-state index contributed by atoms with van der Waals surface area (Å²) in [4.78, 5) is 13.6. The van der Waals surface area contributed by atoms with E-state index in [0.717, 1.165) is 11.3 Å². The van der Waals surface area contributed by atoms with Gasteiger partial charge < -0.3 is 4.90 Å². The van der Waals surface area contributed by atoms with Gasteiger partial charge in [0, 0.05) is 7.05 Å². The molecular weight excluding hydrogens is 312 g/mol. The average Bonchev–Trinajstić information content (AvgIpc) is 3.01. The fraction of sp³-hybridized carbons (Fsp3) is 0.400. The number of rotatable bonds is 5. The summed E-state index contributed by atoms with van der Waals surface area (Å²) in [5.74, 6) is 0.00779. The van der Waals surface area contributed by atoms with Crippen LogP contribution in [0.1, 0.15) is 19.4 Å². The fourth-order valence-corrected chi connectivity index (χ4v) is 2.53. The topological polar surface area (TPSA) is 87.7 Å². The molecular formula is C15H18N6OS. The van der Waals surface area contributed by atoms with E-state index in [-0.39, 0.29) is 11.7 Å². The Bertz CT molecular complexity index is 731. The number of amides is 1. The SMILES string of the molecule is Cc1ccc(-n2nnnc2SCC(=O)N(C)C(C)(C)C#N)cc1. The number of tetrazole rings is 1. The first-order chi connectivity index (χ1) is 10.8. The molecule has 0 aliphatic rings. The zero-order chi connectivity index (χ0) is 17.0. The molecule has 0 unspecified atom stereocenters. The lowest BCUT2D eigenvalue weighted by molar-refractivity contribution is -0.130. The number of nitriles is 1. The molecule has 0 saturated carbocycles. The molecule has 7 nitrogen and oxygen atoms in total. The highest BCUT2D eigenvalue weighted by Crippen LogP contribution is 2.20. The zero-order valence-electron chi connectivity index (χ0n) is 13.5. The van der Waals surface area contributed by atoms with Gasteiger partial charge in [0.1, 0.15) is 5.54 Å². The fourth-order valence-electron chi connectivity index (χ4n) is 1.73. The van der Waals surface area contributed by atoms with Crippen LogP contribution in [0.5, 0.6) is 0 Å². The molecule has 23 heavy (non-hydrogen) atoms. The highest BCUT2D eigenvalue weighted by molar-refractivity contribution is 7.99. The third kappa shape index (κ3) is 3.87. The van der Waals surface area contributed by atoms with Crippen molar-refractivity contribution in [2.24, 2.45) is 0 Å². The summed E-state index contributed by atoms with van der Waals surface area (Å²) >= 11 is 1.24. The minimum absolute atomic E-state index is 0.153. The monoisotopic (exact) mass is 330 g/mol. The second-order valence-corrected chi connectivity index (χ2v) is 6.56. The molecule has 1 heterocycles. The summed E-state index contributed by atoms with van der Waals surface area (Å²) in [5, 5.41) is 21.2. The molecule has 8 heteroatoms. The first-order valence-electron chi connectivity index (χ1n) is 7.01. The van der Waals surface area contributed by atoms with Crippen molar-refractivity contribution in [3.05, 3.63) is 29.8 Å². The maximum atomic E-state index is 12.2. The number of benzene rings is 1. The van der Waals surface area contributed by atoms with Crippen LogP contribution in [-0.2, 0) is 4.79 Å². The van der Waals surface area contributed by atoms with E-state index in [0.29, 0.717) is 5.16 Å². The molecule has 120 valence electrons. The van der Waals surface area contributed by atoms with Crippen molar-refractivity contribution in [1.29, 1.82) is 5.26 Å². The lowest BCUT2D eigenvalue weighted by Crippen LogP contribution is -2.44. The molecule has 0 N–H and O–H groups in total. The highest BCUT2D eigenvalue weighted by atomic mass is 32.2. The molecule has 0 saturated heterocycles. The molecule has 0 spiro atoms. The molecule has 1 amide bonds. The van der Waals surface area contributed by atoms with Crippen molar-refractivity contribution in [2.75, 3.05) is 12.8 Å². The van der Waals surface area contributed by atoms with E-state index < -0.39 is 5.54 Å². The second kappa shape index (κ2) is 6.79. The van der Waals surface area contributed by atoms with Gasteiger partial charge in [-0.05, 0) is 43.3 Å². The molecule has 2 aromatic rings. The van der Waals surface area contributed by atoms with Gasteiger partial charge in [0.25, 0.3) is 0 Å². The van der Waals surface area contributed by atoms with Gasteiger partial charge in [-0.2, -0.15) is 9.94 Å². The summed E-state index contributed by atoms with van der Waals surface area (Å²) in [6.45, 7) is 5.41. The van der Waals surface area contributed by atoms with E-state index in [9.17, 15) is 4.79 Å². The molecule has 0 radical (unpaired) electrons. The van der Waals surface area contributed by atoms with Crippen LogP contribution in [0.2, 0.25) is 0 Å². The largest absolute Gasteiger partial charge is 0.327 e. The van der Waals surface area contributed by atoms with Gasteiger partial charge >= 0.3 is 0 Å².